The van der Waals surface area contributed by atoms with Crippen LogP contribution in [0.2, 0.25) is 0 Å². The van der Waals surface area contributed by atoms with Crippen molar-refractivity contribution in [2.75, 3.05) is 0 Å². The molecule has 3 rings (SSSR count). The Hall–Kier alpha value is -3.38. The zero-order valence-electron chi connectivity index (χ0n) is 17.6. The maximum absolute atomic E-state index is 13.5. The lowest BCUT2D eigenvalue weighted by Crippen LogP contribution is -2.46. The molecule has 0 spiro atoms. The van der Waals surface area contributed by atoms with Crippen LogP contribution >= 0.6 is 0 Å². The first kappa shape index (κ1) is 22.3. The largest absolute Gasteiger partial charge is 0.384 e. The van der Waals surface area contributed by atoms with Gasteiger partial charge in [0, 0.05) is 18.5 Å². The lowest BCUT2D eigenvalue weighted by Gasteiger charge is -2.28. The Balaban J connectivity index is 2.09. The molecule has 7 nitrogen and oxygen atoms in total. The van der Waals surface area contributed by atoms with Crippen molar-refractivity contribution in [3.63, 3.8) is 0 Å². The number of benzene rings is 1. The topological polar surface area (TPSA) is 104 Å². The zero-order chi connectivity index (χ0) is 23.0. The van der Waals surface area contributed by atoms with E-state index in [2.05, 4.69) is 21.5 Å². The number of fused-ring (bicyclic) bond motifs is 1. The van der Waals surface area contributed by atoms with Gasteiger partial charge in [0.1, 0.15) is 5.60 Å². The molecule has 0 bridgehead atoms. The molecule has 2 N–H and O–H groups in total. The SMILES string of the molecule is C[C@H](NC(=O)C(C)(F)F)[C@@H](c1ccc(C(C)(C)O)nc1)n1ncc2cc(C#N)ccc21. The highest BCUT2D eigenvalue weighted by molar-refractivity contribution is 5.83. The lowest BCUT2D eigenvalue weighted by molar-refractivity contribution is -0.143. The summed E-state index contributed by atoms with van der Waals surface area (Å²) in [5, 5.41) is 26.7. The number of aliphatic hydroxyl groups is 1. The van der Waals surface area contributed by atoms with Gasteiger partial charge in [-0.1, -0.05) is 6.07 Å². The smallest absolute Gasteiger partial charge is 0.321 e. The summed E-state index contributed by atoms with van der Waals surface area (Å²) in [5.74, 6) is -4.93. The quantitative estimate of drug-likeness (QED) is 0.628. The van der Waals surface area contributed by atoms with Crippen LogP contribution in [0.15, 0.2) is 42.7 Å². The lowest BCUT2D eigenvalue weighted by atomic mass is 9.98. The molecule has 2 heterocycles. The minimum Gasteiger partial charge on any atom is -0.384 e. The van der Waals surface area contributed by atoms with Crippen LogP contribution in [-0.2, 0) is 10.4 Å². The molecule has 0 fully saturated rings. The third-order valence-corrected chi connectivity index (χ3v) is 4.97. The Morgan fingerprint density at radius 1 is 1.23 bits per heavy atom. The van der Waals surface area contributed by atoms with E-state index in [0.717, 1.165) is 0 Å². The van der Waals surface area contributed by atoms with Crippen LogP contribution in [0.3, 0.4) is 0 Å². The van der Waals surface area contributed by atoms with Crippen LogP contribution in [0.1, 0.15) is 50.6 Å². The van der Waals surface area contributed by atoms with Gasteiger partial charge in [-0.25, -0.2) is 0 Å². The molecule has 1 amide bonds. The van der Waals surface area contributed by atoms with E-state index in [0.29, 0.717) is 34.6 Å². The molecule has 0 saturated heterocycles. The second kappa shape index (κ2) is 8.04. The van der Waals surface area contributed by atoms with Crippen molar-refractivity contribution in [3.05, 3.63) is 59.5 Å². The Labute approximate surface area is 178 Å². The number of pyridine rings is 1. The number of hydrogen-bond donors (Lipinski definition) is 2. The third-order valence-electron chi connectivity index (χ3n) is 4.97. The predicted octanol–water partition coefficient (Wildman–Crippen LogP) is 3.28. The average Bonchev–Trinajstić information content (AvgIpc) is 3.10. The number of hydrogen-bond acceptors (Lipinski definition) is 5. The molecule has 0 aliphatic rings. The van der Waals surface area contributed by atoms with Gasteiger partial charge in [-0.15, -0.1) is 0 Å². The second-order valence-electron chi connectivity index (χ2n) is 8.11. The summed E-state index contributed by atoms with van der Waals surface area (Å²) in [4.78, 5) is 16.2. The van der Waals surface area contributed by atoms with Gasteiger partial charge in [0.2, 0.25) is 0 Å². The number of carbonyl (C=O) groups is 1. The van der Waals surface area contributed by atoms with Crippen molar-refractivity contribution in [1.82, 2.24) is 20.1 Å². The van der Waals surface area contributed by atoms with Crippen molar-refractivity contribution in [2.24, 2.45) is 0 Å². The molecule has 0 saturated carbocycles. The highest BCUT2D eigenvalue weighted by Crippen LogP contribution is 2.28. The average molecular weight is 427 g/mol. The molecular weight excluding hydrogens is 404 g/mol. The van der Waals surface area contributed by atoms with Crippen LogP contribution in [0, 0.1) is 11.3 Å². The summed E-state index contributed by atoms with van der Waals surface area (Å²) < 4.78 is 28.6. The van der Waals surface area contributed by atoms with Gasteiger partial charge in [0.05, 0.1) is 41.1 Å². The van der Waals surface area contributed by atoms with E-state index in [1.807, 2.05) is 0 Å². The highest BCUT2D eigenvalue weighted by Gasteiger charge is 2.35. The van der Waals surface area contributed by atoms with Gasteiger partial charge < -0.3 is 10.4 Å². The molecule has 31 heavy (non-hydrogen) atoms. The van der Waals surface area contributed by atoms with Crippen LogP contribution in [0.25, 0.3) is 10.9 Å². The Kier molecular flexibility index (Phi) is 5.79. The standard InChI is InChI=1S/C22H23F2N5O2/c1-13(28-20(30)22(4,23)24)19(15-6-8-18(26-11-15)21(2,3)31)29-17-7-5-14(10-25)9-16(17)12-27-29/h5-9,11-13,19,31H,1-4H3,(H,28,30)/t13-,19-/m0/s1. The molecule has 162 valence electrons. The molecule has 0 aliphatic carbocycles. The van der Waals surface area contributed by atoms with Crippen LogP contribution in [0.4, 0.5) is 8.78 Å². The van der Waals surface area contributed by atoms with Gasteiger partial charge in [0.25, 0.3) is 5.91 Å². The molecule has 9 heteroatoms. The Bertz CT molecular complexity index is 1140. The molecule has 0 unspecified atom stereocenters. The minimum absolute atomic E-state index is 0.441. The molecule has 0 radical (unpaired) electrons. The number of nitrogens with one attached hydrogen (secondary N) is 1. The van der Waals surface area contributed by atoms with E-state index in [1.165, 1.54) is 6.20 Å². The molecule has 2 atom stereocenters. The van der Waals surface area contributed by atoms with Gasteiger partial charge >= 0.3 is 5.92 Å². The number of nitrogens with zero attached hydrogens (tertiary/aromatic N) is 4. The summed E-state index contributed by atoms with van der Waals surface area (Å²) in [5.41, 5.74) is 1.03. The number of aromatic nitrogens is 3. The highest BCUT2D eigenvalue weighted by atomic mass is 19.3. The first-order valence-electron chi connectivity index (χ1n) is 9.67. The van der Waals surface area contributed by atoms with Gasteiger partial charge in [0.15, 0.2) is 0 Å². The molecule has 0 aliphatic heterocycles. The zero-order valence-corrected chi connectivity index (χ0v) is 17.6. The Morgan fingerprint density at radius 3 is 2.48 bits per heavy atom. The van der Waals surface area contributed by atoms with Crippen molar-refractivity contribution >= 4 is 16.8 Å². The van der Waals surface area contributed by atoms with Crippen molar-refractivity contribution in [3.8, 4) is 6.07 Å². The van der Waals surface area contributed by atoms with E-state index >= 15 is 0 Å². The van der Waals surface area contributed by atoms with Gasteiger partial charge in [-0.05, 0) is 50.6 Å². The Morgan fingerprint density at radius 2 is 1.94 bits per heavy atom. The van der Waals surface area contributed by atoms with Gasteiger partial charge in [-0.3, -0.25) is 14.5 Å². The van der Waals surface area contributed by atoms with E-state index in [1.54, 1.807) is 62.0 Å². The summed E-state index contributed by atoms with van der Waals surface area (Å²) >= 11 is 0. The maximum atomic E-state index is 13.5. The number of rotatable bonds is 6. The summed E-state index contributed by atoms with van der Waals surface area (Å²) in [6, 6.07) is 9.02. The number of amides is 1. The van der Waals surface area contributed by atoms with E-state index in [4.69, 9.17) is 5.26 Å². The summed E-state index contributed by atoms with van der Waals surface area (Å²) in [6.45, 7) is 5.35. The predicted molar refractivity (Wildman–Crippen MR) is 110 cm³/mol. The third kappa shape index (κ3) is 4.70. The summed E-state index contributed by atoms with van der Waals surface area (Å²) in [6.07, 6.45) is 3.10. The summed E-state index contributed by atoms with van der Waals surface area (Å²) in [7, 11) is 0. The van der Waals surface area contributed by atoms with E-state index in [-0.39, 0.29) is 0 Å². The van der Waals surface area contributed by atoms with Crippen LogP contribution < -0.4 is 5.32 Å². The molecule has 1 aromatic carbocycles. The van der Waals surface area contributed by atoms with E-state index in [9.17, 15) is 18.7 Å². The number of halogens is 2. The van der Waals surface area contributed by atoms with Gasteiger partial charge in [-0.2, -0.15) is 19.1 Å². The number of carbonyl (C=O) groups excluding carboxylic acids is 1. The maximum Gasteiger partial charge on any atom is 0.321 e. The molecule has 2 aromatic heterocycles. The van der Waals surface area contributed by atoms with Crippen molar-refractivity contribution < 1.29 is 18.7 Å². The first-order chi connectivity index (χ1) is 14.4. The van der Waals surface area contributed by atoms with E-state index < -0.39 is 29.5 Å². The van der Waals surface area contributed by atoms with Crippen molar-refractivity contribution in [2.45, 2.75) is 51.3 Å². The first-order valence-corrected chi connectivity index (χ1v) is 9.67. The second-order valence-corrected chi connectivity index (χ2v) is 8.11. The van der Waals surface area contributed by atoms with Crippen LogP contribution in [0.5, 0.6) is 0 Å². The van der Waals surface area contributed by atoms with Crippen LogP contribution in [-0.4, -0.2) is 37.7 Å². The normalized spacial score (nSPS) is 14.1. The fourth-order valence-electron chi connectivity index (χ4n) is 3.34. The fourth-order valence-corrected chi connectivity index (χ4v) is 3.34. The number of alkyl halides is 2. The monoisotopic (exact) mass is 427 g/mol. The molecular formula is C22H23F2N5O2. The fraction of sp³-hybridized carbons (Fsp3) is 0.364. The molecule has 3 aromatic rings. The number of nitriles is 1. The minimum atomic E-state index is -3.53. The van der Waals surface area contributed by atoms with Crippen molar-refractivity contribution in [1.29, 1.82) is 5.26 Å².